The van der Waals surface area contributed by atoms with Gasteiger partial charge in [-0.15, -0.1) is 11.3 Å². The fourth-order valence-electron chi connectivity index (χ4n) is 3.20. The van der Waals surface area contributed by atoms with E-state index in [1.165, 1.54) is 11.3 Å². The van der Waals surface area contributed by atoms with Gasteiger partial charge in [0.05, 0.1) is 16.9 Å². The Hall–Kier alpha value is -3.39. The van der Waals surface area contributed by atoms with E-state index in [9.17, 15) is 9.59 Å². The molecule has 7 nitrogen and oxygen atoms in total. The topological polar surface area (TPSA) is 91.8 Å². The number of aromatic nitrogens is 1. The third kappa shape index (κ3) is 3.54. The molecule has 0 aliphatic carbocycles. The molecule has 0 fully saturated rings. The quantitative estimate of drug-likeness (QED) is 0.667. The van der Waals surface area contributed by atoms with E-state index in [1.807, 2.05) is 25.1 Å². The Balaban J connectivity index is 1.61. The standard InChI is InChI=1S/C21H19N3O4S/c1-11-19(25)24(3)16-10-14(6-9-17(16)28-11)18-12(2)29-21(23-18)22-15-7-4-13(5-8-15)20(26)27/h4-11H,1-3H3,(H,22,23)(H,26,27). The van der Waals surface area contributed by atoms with Gasteiger partial charge in [-0.3, -0.25) is 4.79 Å². The number of carbonyl (C=O) groups excluding carboxylic acids is 1. The zero-order valence-electron chi connectivity index (χ0n) is 16.1. The van der Waals surface area contributed by atoms with Gasteiger partial charge < -0.3 is 20.1 Å². The molecule has 1 atom stereocenters. The number of benzene rings is 2. The molecule has 2 heterocycles. The summed E-state index contributed by atoms with van der Waals surface area (Å²) in [6.07, 6.45) is -0.498. The van der Waals surface area contributed by atoms with Crippen molar-refractivity contribution in [3.05, 3.63) is 52.9 Å². The average Bonchev–Trinajstić information content (AvgIpc) is 3.06. The first kappa shape index (κ1) is 18.9. The minimum atomic E-state index is -0.960. The van der Waals surface area contributed by atoms with Crippen LogP contribution in [-0.2, 0) is 4.79 Å². The fraction of sp³-hybridized carbons (Fsp3) is 0.190. The summed E-state index contributed by atoms with van der Waals surface area (Å²) in [7, 11) is 1.74. The number of rotatable bonds is 4. The molecule has 0 bridgehead atoms. The molecule has 3 aromatic rings. The zero-order valence-corrected chi connectivity index (χ0v) is 16.9. The van der Waals surface area contributed by atoms with Crippen molar-refractivity contribution in [2.24, 2.45) is 0 Å². The summed E-state index contributed by atoms with van der Waals surface area (Å²) in [4.78, 5) is 30.5. The van der Waals surface area contributed by atoms with E-state index in [0.717, 1.165) is 27.5 Å². The Labute approximate surface area is 171 Å². The number of likely N-dealkylation sites (N-methyl/N-ethyl adjacent to an activating group) is 1. The van der Waals surface area contributed by atoms with Gasteiger partial charge in [0.15, 0.2) is 11.2 Å². The summed E-state index contributed by atoms with van der Waals surface area (Å²) in [6, 6.07) is 12.2. The van der Waals surface area contributed by atoms with Gasteiger partial charge in [0, 0.05) is 23.2 Å². The van der Waals surface area contributed by atoms with Crippen molar-refractivity contribution in [3.63, 3.8) is 0 Å². The highest BCUT2D eigenvalue weighted by Gasteiger charge is 2.29. The highest BCUT2D eigenvalue weighted by molar-refractivity contribution is 7.16. The van der Waals surface area contributed by atoms with E-state index < -0.39 is 12.1 Å². The van der Waals surface area contributed by atoms with E-state index in [2.05, 4.69) is 10.3 Å². The van der Waals surface area contributed by atoms with Gasteiger partial charge >= 0.3 is 5.97 Å². The molecular formula is C21H19N3O4S. The third-order valence-corrected chi connectivity index (χ3v) is 5.64. The van der Waals surface area contributed by atoms with Crippen molar-refractivity contribution >= 4 is 39.7 Å². The summed E-state index contributed by atoms with van der Waals surface area (Å²) in [5, 5.41) is 12.9. The van der Waals surface area contributed by atoms with Crippen molar-refractivity contribution in [1.82, 2.24) is 4.98 Å². The van der Waals surface area contributed by atoms with Crippen LogP contribution >= 0.6 is 11.3 Å². The summed E-state index contributed by atoms with van der Waals surface area (Å²) in [6.45, 7) is 3.72. The van der Waals surface area contributed by atoms with E-state index >= 15 is 0 Å². The van der Waals surface area contributed by atoms with Gasteiger partial charge in [0.2, 0.25) is 0 Å². The molecular weight excluding hydrogens is 390 g/mol. The number of hydrogen-bond donors (Lipinski definition) is 2. The first-order chi connectivity index (χ1) is 13.8. The maximum absolute atomic E-state index is 12.2. The van der Waals surface area contributed by atoms with Crippen LogP contribution in [0.1, 0.15) is 22.2 Å². The highest BCUT2D eigenvalue weighted by Crippen LogP contribution is 2.39. The lowest BCUT2D eigenvalue weighted by Gasteiger charge is -2.30. The molecule has 0 saturated carbocycles. The minimum Gasteiger partial charge on any atom is -0.479 e. The number of carboxylic acid groups (broad SMARTS) is 1. The second kappa shape index (κ2) is 7.21. The molecule has 1 aliphatic heterocycles. The summed E-state index contributed by atoms with van der Waals surface area (Å²) in [5.41, 5.74) is 3.42. The van der Waals surface area contributed by atoms with Crippen LogP contribution in [0.4, 0.5) is 16.5 Å². The van der Waals surface area contributed by atoms with Crippen LogP contribution in [-0.4, -0.2) is 35.1 Å². The van der Waals surface area contributed by atoms with Crippen molar-refractivity contribution in [2.75, 3.05) is 17.3 Å². The van der Waals surface area contributed by atoms with Gasteiger partial charge in [-0.05, 0) is 56.3 Å². The Morgan fingerprint density at radius 3 is 2.66 bits per heavy atom. The molecule has 1 amide bonds. The molecule has 1 aromatic heterocycles. The predicted molar refractivity (Wildman–Crippen MR) is 112 cm³/mol. The van der Waals surface area contributed by atoms with Crippen LogP contribution in [0.25, 0.3) is 11.3 Å². The normalized spacial score (nSPS) is 15.6. The molecule has 1 aliphatic rings. The lowest BCUT2D eigenvalue weighted by Crippen LogP contribution is -2.41. The number of aromatic carboxylic acids is 1. The number of nitrogens with one attached hydrogen (secondary N) is 1. The number of thiazole rings is 1. The summed E-state index contributed by atoms with van der Waals surface area (Å²) in [5.74, 6) is -0.372. The lowest BCUT2D eigenvalue weighted by molar-refractivity contribution is -0.125. The van der Waals surface area contributed by atoms with Crippen LogP contribution in [0.3, 0.4) is 0 Å². The van der Waals surface area contributed by atoms with Crippen molar-refractivity contribution in [1.29, 1.82) is 0 Å². The SMILES string of the molecule is Cc1sc(Nc2ccc(C(=O)O)cc2)nc1-c1ccc2c(c1)N(C)C(=O)C(C)O2. The molecule has 2 aromatic carbocycles. The fourth-order valence-corrected chi connectivity index (χ4v) is 4.05. The van der Waals surface area contributed by atoms with Crippen molar-refractivity contribution < 1.29 is 19.4 Å². The number of nitrogens with zero attached hydrogens (tertiary/aromatic N) is 2. The summed E-state index contributed by atoms with van der Waals surface area (Å²) < 4.78 is 5.68. The number of fused-ring (bicyclic) bond motifs is 1. The number of ether oxygens (including phenoxy) is 1. The van der Waals surface area contributed by atoms with Gasteiger partial charge in [0.25, 0.3) is 5.91 Å². The number of carboxylic acids is 1. The molecule has 4 rings (SSSR count). The number of amides is 1. The molecule has 148 valence electrons. The number of aryl methyl sites for hydroxylation is 1. The van der Waals surface area contributed by atoms with Crippen LogP contribution in [0.15, 0.2) is 42.5 Å². The number of carbonyl (C=O) groups is 2. The summed E-state index contributed by atoms with van der Waals surface area (Å²) >= 11 is 1.50. The molecule has 0 spiro atoms. The maximum Gasteiger partial charge on any atom is 0.335 e. The minimum absolute atomic E-state index is 0.0863. The number of hydrogen-bond acceptors (Lipinski definition) is 6. The maximum atomic E-state index is 12.2. The van der Waals surface area contributed by atoms with Gasteiger partial charge in [-0.2, -0.15) is 0 Å². The van der Waals surface area contributed by atoms with Crippen LogP contribution in [0, 0.1) is 6.92 Å². The molecule has 2 N–H and O–H groups in total. The largest absolute Gasteiger partial charge is 0.479 e. The van der Waals surface area contributed by atoms with Gasteiger partial charge in [-0.1, -0.05) is 0 Å². The van der Waals surface area contributed by atoms with E-state index in [0.29, 0.717) is 10.9 Å². The van der Waals surface area contributed by atoms with Crippen LogP contribution in [0.5, 0.6) is 5.75 Å². The van der Waals surface area contributed by atoms with Crippen molar-refractivity contribution in [3.8, 4) is 17.0 Å². The second-order valence-corrected chi connectivity index (χ2v) is 7.97. The average molecular weight is 409 g/mol. The lowest BCUT2D eigenvalue weighted by atomic mass is 10.1. The smallest absolute Gasteiger partial charge is 0.335 e. The van der Waals surface area contributed by atoms with E-state index in [4.69, 9.17) is 9.84 Å². The Morgan fingerprint density at radius 2 is 1.97 bits per heavy atom. The molecule has 1 unspecified atom stereocenters. The first-order valence-electron chi connectivity index (χ1n) is 9.00. The van der Waals surface area contributed by atoms with Gasteiger partial charge in [-0.25, -0.2) is 9.78 Å². The van der Waals surface area contributed by atoms with Crippen LogP contribution < -0.4 is 15.0 Å². The second-order valence-electron chi connectivity index (χ2n) is 6.77. The Kier molecular flexibility index (Phi) is 4.71. The van der Waals surface area contributed by atoms with E-state index in [1.54, 1.807) is 43.1 Å². The van der Waals surface area contributed by atoms with Crippen LogP contribution in [0.2, 0.25) is 0 Å². The first-order valence-corrected chi connectivity index (χ1v) is 9.81. The molecule has 0 saturated heterocycles. The molecule has 8 heteroatoms. The van der Waals surface area contributed by atoms with E-state index in [-0.39, 0.29) is 11.5 Å². The highest BCUT2D eigenvalue weighted by atomic mass is 32.1. The molecule has 0 radical (unpaired) electrons. The zero-order chi connectivity index (χ0) is 20.7. The van der Waals surface area contributed by atoms with Crippen molar-refractivity contribution in [2.45, 2.75) is 20.0 Å². The van der Waals surface area contributed by atoms with Gasteiger partial charge in [0.1, 0.15) is 5.75 Å². The monoisotopic (exact) mass is 409 g/mol. The Morgan fingerprint density at radius 1 is 1.24 bits per heavy atom. The third-order valence-electron chi connectivity index (χ3n) is 4.76. The number of anilines is 3. The molecule has 29 heavy (non-hydrogen) atoms. The Bertz CT molecular complexity index is 1110. The predicted octanol–water partition coefficient (Wildman–Crippen LogP) is 4.30.